The van der Waals surface area contributed by atoms with E-state index in [1.807, 2.05) is 48.6 Å². The summed E-state index contributed by atoms with van der Waals surface area (Å²) in [5.74, 6) is 0. The minimum atomic E-state index is -3.73. The first-order valence-electron chi connectivity index (χ1n) is 8.43. The van der Waals surface area contributed by atoms with E-state index in [-0.39, 0.29) is 0 Å². The maximum absolute atomic E-state index is 13.1. The molecule has 0 aliphatic heterocycles. The summed E-state index contributed by atoms with van der Waals surface area (Å²) in [5.41, 5.74) is 6.67. The van der Waals surface area contributed by atoms with E-state index in [0.29, 0.717) is 10.6 Å². The monoisotopic (exact) mass is 372 g/mol. The first-order valence-corrected chi connectivity index (χ1v) is 9.92. The standard InChI is InChI=1S/C19H24N4O2S/c1-10-11(2)13(4)18(14(5)12(10)3)26(24,25)22-16-8-17-15(6)21-23(7)19(17)20-9-16/h8-9,22H,1-7H3. The molecule has 138 valence electrons. The number of hydrogen-bond acceptors (Lipinski definition) is 4. The fourth-order valence-corrected chi connectivity index (χ4v) is 5.07. The lowest BCUT2D eigenvalue weighted by molar-refractivity contribution is 0.599. The van der Waals surface area contributed by atoms with Gasteiger partial charge < -0.3 is 0 Å². The molecular weight excluding hydrogens is 348 g/mol. The van der Waals surface area contributed by atoms with Gasteiger partial charge in [0.1, 0.15) is 0 Å². The molecule has 1 aromatic carbocycles. The van der Waals surface area contributed by atoms with Crippen molar-refractivity contribution in [3.05, 3.63) is 45.8 Å². The maximum Gasteiger partial charge on any atom is 0.262 e. The molecule has 26 heavy (non-hydrogen) atoms. The van der Waals surface area contributed by atoms with E-state index in [2.05, 4.69) is 14.8 Å². The number of benzene rings is 1. The van der Waals surface area contributed by atoms with E-state index in [9.17, 15) is 8.42 Å². The zero-order chi connectivity index (χ0) is 19.4. The van der Waals surface area contributed by atoms with Gasteiger partial charge in [0.25, 0.3) is 10.0 Å². The molecule has 0 unspecified atom stereocenters. The van der Waals surface area contributed by atoms with Crippen LogP contribution >= 0.6 is 0 Å². The number of fused-ring (bicyclic) bond motifs is 1. The van der Waals surface area contributed by atoms with Crippen LogP contribution in [0.25, 0.3) is 11.0 Å². The summed E-state index contributed by atoms with van der Waals surface area (Å²) in [6.45, 7) is 11.5. The Morgan fingerprint density at radius 2 is 1.46 bits per heavy atom. The SMILES string of the molecule is Cc1c(C)c(C)c(S(=O)(=O)Nc2cnc3c(c2)c(C)nn3C)c(C)c1C. The van der Waals surface area contributed by atoms with Crippen molar-refractivity contribution in [1.29, 1.82) is 0 Å². The second-order valence-electron chi connectivity index (χ2n) is 6.86. The zero-order valence-electron chi connectivity index (χ0n) is 16.2. The minimum absolute atomic E-state index is 0.348. The number of aromatic nitrogens is 3. The van der Waals surface area contributed by atoms with Gasteiger partial charge in [-0.25, -0.2) is 13.4 Å². The average molecular weight is 372 g/mol. The molecule has 0 aliphatic carbocycles. The summed E-state index contributed by atoms with van der Waals surface area (Å²) >= 11 is 0. The van der Waals surface area contributed by atoms with E-state index in [1.165, 1.54) is 6.20 Å². The van der Waals surface area contributed by atoms with Crippen molar-refractivity contribution in [2.24, 2.45) is 7.05 Å². The third-order valence-corrected chi connectivity index (χ3v) is 6.97. The number of nitrogens with one attached hydrogen (secondary N) is 1. The summed E-state index contributed by atoms with van der Waals surface area (Å²) in [4.78, 5) is 4.70. The van der Waals surface area contributed by atoms with Crippen LogP contribution in [0.4, 0.5) is 5.69 Å². The van der Waals surface area contributed by atoms with Crippen LogP contribution < -0.4 is 4.72 Å². The van der Waals surface area contributed by atoms with Crippen LogP contribution in [0.15, 0.2) is 17.2 Å². The molecule has 7 heteroatoms. The molecule has 0 fully saturated rings. The van der Waals surface area contributed by atoms with Gasteiger partial charge in [-0.15, -0.1) is 0 Å². The molecule has 0 saturated carbocycles. The Hall–Kier alpha value is -2.41. The third kappa shape index (κ3) is 2.76. The van der Waals surface area contributed by atoms with Gasteiger partial charge in [0.15, 0.2) is 5.65 Å². The molecule has 3 rings (SSSR count). The van der Waals surface area contributed by atoms with E-state index >= 15 is 0 Å². The second kappa shape index (κ2) is 6.09. The Morgan fingerprint density at radius 1 is 0.923 bits per heavy atom. The first kappa shape index (κ1) is 18.4. The maximum atomic E-state index is 13.1. The number of pyridine rings is 1. The van der Waals surface area contributed by atoms with Crippen LogP contribution in [0.3, 0.4) is 0 Å². The lowest BCUT2D eigenvalue weighted by Crippen LogP contribution is -2.17. The predicted molar refractivity (Wildman–Crippen MR) is 104 cm³/mol. The van der Waals surface area contributed by atoms with Crippen LogP contribution in [0, 0.1) is 41.5 Å². The van der Waals surface area contributed by atoms with Crippen molar-refractivity contribution in [2.75, 3.05) is 4.72 Å². The Bertz CT molecular complexity index is 1120. The van der Waals surface area contributed by atoms with E-state index in [0.717, 1.165) is 44.5 Å². The smallest absolute Gasteiger partial charge is 0.262 e. The molecule has 3 aromatic rings. The van der Waals surface area contributed by atoms with Crippen molar-refractivity contribution < 1.29 is 8.42 Å². The van der Waals surface area contributed by atoms with Crippen molar-refractivity contribution in [2.45, 2.75) is 46.4 Å². The normalized spacial score (nSPS) is 12.0. The third-order valence-electron chi connectivity index (χ3n) is 5.32. The summed E-state index contributed by atoms with van der Waals surface area (Å²) in [5, 5.41) is 5.15. The second-order valence-corrected chi connectivity index (χ2v) is 8.48. The average Bonchev–Trinajstić information content (AvgIpc) is 2.84. The Labute approximate surface area is 154 Å². The molecule has 0 spiro atoms. The molecule has 2 heterocycles. The Kier molecular flexibility index (Phi) is 4.30. The molecule has 0 saturated heterocycles. The van der Waals surface area contributed by atoms with Gasteiger partial charge in [-0.05, 0) is 75.4 Å². The zero-order valence-corrected chi connectivity index (χ0v) is 17.0. The number of anilines is 1. The summed E-state index contributed by atoms with van der Waals surface area (Å²) in [6.07, 6.45) is 1.53. The highest BCUT2D eigenvalue weighted by Crippen LogP contribution is 2.31. The Balaban J connectivity index is 2.12. The molecule has 6 nitrogen and oxygen atoms in total. The largest absolute Gasteiger partial charge is 0.278 e. The van der Waals surface area contributed by atoms with Crippen LogP contribution in [-0.2, 0) is 17.1 Å². The predicted octanol–water partition coefficient (Wildman–Crippen LogP) is 3.62. The van der Waals surface area contributed by atoms with Gasteiger partial charge in [0, 0.05) is 12.4 Å². The highest BCUT2D eigenvalue weighted by atomic mass is 32.2. The highest BCUT2D eigenvalue weighted by molar-refractivity contribution is 7.92. The van der Waals surface area contributed by atoms with Crippen molar-refractivity contribution >= 4 is 26.7 Å². The first-order chi connectivity index (χ1) is 12.0. The fraction of sp³-hybridized carbons (Fsp3) is 0.368. The van der Waals surface area contributed by atoms with Gasteiger partial charge in [-0.2, -0.15) is 5.10 Å². The van der Waals surface area contributed by atoms with Crippen LogP contribution in [0.2, 0.25) is 0 Å². The summed E-state index contributed by atoms with van der Waals surface area (Å²) < 4.78 is 30.6. The molecule has 0 bridgehead atoms. The Morgan fingerprint density at radius 3 is 2.04 bits per heavy atom. The minimum Gasteiger partial charge on any atom is -0.278 e. The molecule has 0 amide bonds. The van der Waals surface area contributed by atoms with Crippen LogP contribution in [-0.4, -0.2) is 23.2 Å². The van der Waals surface area contributed by atoms with Gasteiger partial charge in [-0.1, -0.05) is 0 Å². The topological polar surface area (TPSA) is 76.9 Å². The van der Waals surface area contributed by atoms with Gasteiger partial charge >= 0.3 is 0 Å². The number of aryl methyl sites for hydroxylation is 2. The number of rotatable bonds is 3. The van der Waals surface area contributed by atoms with E-state index in [4.69, 9.17) is 0 Å². The van der Waals surface area contributed by atoms with Crippen LogP contribution in [0.1, 0.15) is 33.5 Å². The number of nitrogens with zero attached hydrogens (tertiary/aromatic N) is 3. The number of sulfonamides is 1. The molecular formula is C19H24N4O2S. The van der Waals surface area contributed by atoms with Gasteiger partial charge in [0.2, 0.25) is 0 Å². The summed E-state index contributed by atoms with van der Waals surface area (Å²) in [7, 11) is -1.91. The fourth-order valence-electron chi connectivity index (χ4n) is 3.44. The van der Waals surface area contributed by atoms with Crippen molar-refractivity contribution in [3.8, 4) is 0 Å². The lowest BCUT2D eigenvalue weighted by Gasteiger charge is -2.19. The van der Waals surface area contributed by atoms with Crippen molar-refractivity contribution in [3.63, 3.8) is 0 Å². The summed E-state index contributed by atoms with van der Waals surface area (Å²) in [6, 6.07) is 1.78. The molecule has 1 N–H and O–H groups in total. The molecule has 0 radical (unpaired) electrons. The number of hydrogen-bond donors (Lipinski definition) is 1. The quantitative estimate of drug-likeness (QED) is 0.762. The van der Waals surface area contributed by atoms with Gasteiger partial charge in [-0.3, -0.25) is 9.40 Å². The highest BCUT2D eigenvalue weighted by Gasteiger charge is 2.24. The van der Waals surface area contributed by atoms with E-state index < -0.39 is 10.0 Å². The van der Waals surface area contributed by atoms with Gasteiger partial charge in [0.05, 0.1) is 22.5 Å². The molecule has 0 atom stereocenters. The van der Waals surface area contributed by atoms with E-state index in [1.54, 1.807) is 10.7 Å². The molecule has 2 aromatic heterocycles. The molecule has 0 aliphatic rings. The van der Waals surface area contributed by atoms with Crippen molar-refractivity contribution in [1.82, 2.24) is 14.8 Å². The lowest BCUT2D eigenvalue weighted by atomic mass is 9.95. The van der Waals surface area contributed by atoms with Crippen LogP contribution in [0.5, 0.6) is 0 Å².